The lowest BCUT2D eigenvalue weighted by molar-refractivity contribution is 0.271. The van der Waals surface area contributed by atoms with Crippen molar-refractivity contribution in [2.24, 2.45) is 5.92 Å². The van der Waals surface area contributed by atoms with Crippen LogP contribution in [0.5, 0.6) is 0 Å². The first kappa shape index (κ1) is 14.0. The quantitative estimate of drug-likeness (QED) is 0.639. The minimum Gasteiger partial charge on any atom is -0.396 e. The van der Waals surface area contributed by atoms with E-state index in [1.54, 1.807) is 0 Å². The van der Waals surface area contributed by atoms with Gasteiger partial charge in [-0.15, -0.1) is 11.5 Å². The van der Waals surface area contributed by atoms with E-state index in [1.165, 1.54) is 5.56 Å². The Labute approximate surface area is 106 Å². The van der Waals surface area contributed by atoms with Gasteiger partial charge in [0.05, 0.1) is 0 Å². The normalized spacial score (nSPS) is 12.7. The molecule has 17 heavy (non-hydrogen) atoms. The first-order valence-electron chi connectivity index (χ1n) is 6.19. The molecule has 0 amide bonds. The van der Waals surface area contributed by atoms with E-state index in [0.717, 1.165) is 12.8 Å². The number of hydrogen-bond acceptors (Lipinski definition) is 1. The molecule has 92 valence electrons. The molecule has 0 saturated heterocycles. The average molecular weight is 246 g/mol. The highest BCUT2D eigenvalue weighted by molar-refractivity contribution is 6.83. The van der Waals surface area contributed by atoms with Crippen LogP contribution >= 0.6 is 0 Å². The molecule has 2 heteroatoms. The van der Waals surface area contributed by atoms with Gasteiger partial charge in [0.2, 0.25) is 0 Å². The zero-order valence-corrected chi connectivity index (χ0v) is 12.0. The van der Waals surface area contributed by atoms with E-state index in [4.69, 9.17) is 5.11 Å². The molecule has 1 unspecified atom stereocenters. The van der Waals surface area contributed by atoms with Crippen LogP contribution in [0.25, 0.3) is 0 Å². The molecule has 0 saturated carbocycles. The van der Waals surface area contributed by atoms with Gasteiger partial charge in [-0.3, -0.25) is 0 Å². The lowest BCUT2D eigenvalue weighted by Gasteiger charge is -2.11. The molecule has 1 rings (SSSR count). The second-order valence-corrected chi connectivity index (χ2v) is 10.2. The van der Waals surface area contributed by atoms with Crippen LogP contribution in [0.15, 0.2) is 30.3 Å². The molecule has 0 bridgehead atoms. The van der Waals surface area contributed by atoms with E-state index in [1.807, 2.05) is 6.07 Å². The van der Waals surface area contributed by atoms with Gasteiger partial charge in [-0.05, 0) is 18.4 Å². The van der Waals surface area contributed by atoms with Gasteiger partial charge in [-0.25, -0.2) is 0 Å². The highest BCUT2D eigenvalue weighted by Crippen LogP contribution is 2.12. The fourth-order valence-corrected chi connectivity index (χ4v) is 2.24. The molecule has 0 heterocycles. The van der Waals surface area contributed by atoms with Gasteiger partial charge in [-0.2, -0.15) is 0 Å². The van der Waals surface area contributed by atoms with Crippen LogP contribution in [0.4, 0.5) is 0 Å². The molecule has 0 radical (unpaired) electrons. The van der Waals surface area contributed by atoms with E-state index in [9.17, 15) is 0 Å². The smallest absolute Gasteiger partial charge is 0.129 e. The summed E-state index contributed by atoms with van der Waals surface area (Å²) >= 11 is 0. The summed E-state index contributed by atoms with van der Waals surface area (Å²) in [5.41, 5.74) is 4.71. The molecular weight excluding hydrogens is 224 g/mol. The Morgan fingerprint density at radius 1 is 1.18 bits per heavy atom. The van der Waals surface area contributed by atoms with Crippen LogP contribution in [0, 0.1) is 17.4 Å². The lowest BCUT2D eigenvalue weighted by atomic mass is 9.97. The fraction of sp³-hybridized carbons (Fsp3) is 0.467. The highest BCUT2D eigenvalue weighted by atomic mass is 28.3. The molecule has 0 fully saturated rings. The lowest BCUT2D eigenvalue weighted by Crippen LogP contribution is -2.17. The van der Waals surface area contributed by atoms with Crippen LogP contribution in [-0.2, 0) is 6.42 Å². The third-order valence-electron chi connectivity index (χ3n) is 2.45. The molecule has 1 aromatic rings. The third kappa shape index (κ3) is 6.30. The van der Waals surface area contributed by atoms with Crippen molar-refractivity contribution in [2.75, 3.05) is 6.61 Å². The zero-order valence-electron chi connectivity index (χ0n) is 11.0. The van der Waals surface area contributed by atoms with Gasteiger partial charge < -0.3 is 5.11 Å². The SMILES string of the molecule is C[Si](C)(C)C#CC(CCO)Cc1ccccc1. The summed E-state index contributed by atoms with van der Waals surface area (Å²) in [7, 11) is -1.31. The minimum atomic E-state index is -1.31. The third-order valence-corrected chi connectivity index (χ3v) is 3.35. The maximum atomic E-state index is 9.09. The van der Waals surface area contributed by atoms with Crippen LogP contribution in [0.3, 0.4) is 0 Å². The Kier molecular flexibility index (Phi) is 5.47. The first-order chi connectivity index (χ1) is 8.01. The van der Waals surface area contributed by atoms with Gasteiger partial charge in [-0.1, -0.05) is 50.0 Å². The predicted octanol–water partition coefficient (Wildman–Crippen LogP) is 3.11. The van der Waals surface area contributed by atoms with Gasteiger partial charge in [0.25, 0.3) is 0 Å². The molecule has 1 aromatic carbocycles. The number of benzene rings is 1. The molecule has 1 atom stereocenters. The van der Waals surface area contributed by atoms with Crippen LogP contribution < -0.4 is 0 Å². The van der Waals surface area contributed by atoms with Crippen molar-refractivity contribution in [3.63, 3.8) is 0 Å². The Hall–Kier alpha value is -1.04. The summed E-state index contributed by atoms with van der Waals surface area (Å²) in [6.07, 6.45) is 1.71. The molecule has 0 aliphatic carbocycles. The van der Waals surface area contributed by atoms with E-state index in [2.05, 4.69) is 55.4 Å². The molecule has 0 aromatic heterocycles. The Morgan fingerprint density at radius 2 is 1.82 bits per heavy atom. The maximum absolute atomic E-state index is 9.09. The largest absolute Gasteiger partial charge is 0.396 e. The predicted molar refractivity (Wildman–Crippen MR) is 76.5 cm³/mol. The molecular formula is C15H22OSi. The first-order valence-corrected chi connectivity index (χ1v) is 9.69. The topological polar surface area (TPSA) is 20.2 Å². The van der Waals surface area contributed by atoms with Crippen molar-refractivity contribution in [2.45, 2.75) is 32.5 Å². The number of aliphatic hydroxyl groups is 1. The fourth-order valence-electron chi connectivity index (χ4n) is 1.60. The summed E-state index contributed by atoms with van der Waals surface area (Å²) < 4.78 is 0. The number of aliphatic hydroxyl groups excluding tert-OH is 1. The molecule has 0 aliphatic rings. The van der Waals surface area contributed by atoms with Gasteiger partial charge in [0.15, 0.2) is 0 Å². The van der Waals surface area contributed by atoms with E-state index < -0.39 is 8.07 Å². The molecule has 0 spiro atoms. The van der Waals surface area contributed by atoms with Crippen molar-refractivity contribution in [1.29, 1.82) is 0 Å². The highest BCUT2D eigenvalue weighted by Gasteiger charge is 2.10. The van der Waals surface area contributed by atoms with E-state index >= 15 is 0 Å². The van der Waals surface area contributed by atoms with Crippen molar-refractivity contribution < 1.29 is 5.11 Å². The molecule has 1 N–H and O–H groups in total. The van der Waals surface area contributed by atoms with E-state index in [-0.39, 0.29) is 12.5 Å². The summed E-state index contributed by atoms with van der Waals surface area (Å²) in [6, 6.07) is 10.4. The maximum Gasteiger partial charge on any atom is 0.129 e. The number of hydrogen-bond donors (Lipinski definition) is 1. The van der Waals surface area contributed by atoms with Crippen molar-refractivity contribution in [1.82, 2.24) is 0 Å². The van der Waals surface area contributed by atoms with Crippen molar-refractivity contribution in [3.05, 3.63) is 35.9 Å². The van der Waals surface area contributed by atoms with Crippen LogP contribution in [0.1, 0.15) is 12.0 Å². The molecule has 1 nitrogen and oxygen atoms in total. The standard InChI is InChI=1S/C15H22OSi/c1-17(2,3)12-10-15(9-11-16)13-14-7-5-4-6-8-14/h4-8,15-16H,9,11,13H2,1-3H3. The van der Waals surface area contributed by atoms with Crippen LogP contribution in [0.2, 0.25) is 19.6 Å². The van der Waals surface area contributed by atoms with Gasteiger partial charge in [0, 0.05) is 12.5 Å². The Morgan fingerprint density at radius 3 is 2.35 bits per heavy atom. The van der Waals surface area contributed by atoms with E-state index in [0.29, 0.717) is 0 Å². The zero-order chi connectivity index (χ0) is 12.7. The summed E-state index contributed by atoms with van der Waals surface area (Å²) in [5, 5.41) is 9.09. The molecule has 0 aliphatic heterocycles. The second-order valence-electron chi connectivity index (χ2n) is 5.42. The summed E-state index contributed by atoms with van der Waals surface area (Å²) in [6.45, 7) is 6.97. The summed E-state index contributed by atoms with van der Waals surface area (Å²) in [5.74, 6) is 3.65. The van der Waals surface area contributed by atoms with Crippen molar-refractivity contribution >= 4 is 8.07 Å². The minimum absolute atomic E-state index is 0.220. The second kappa shape index (κ2) is 6.63. The summed E-state index contributed by atoms with van der Waals surface area (Å²) in [4.78, 5) is 0. The monoisotopic (exact) mass is 246 g/mol. The Balaban J connectivity index is 2.69. The average Bonchev–Trinajstić information content (AvgIpc) is 2.27. The van der Waals surface area contributed by atoms with Gasteiger partial charge in [0.1, 0.15) is 8.07 Å². The van der Waals surface area contributed by atoms with Gasteiger partial charge >= 0.3 is 0 Å². The Bertz CT molecular complexity index is 381. The van der Waals surface area contributed by atoms with Crippen molar-refractivity contribution in [3.8, 4) is 11.5 Å². The number of rotatable bonds is 4. The van der Waals surface area contributed by atoms with Crippen LogP contribution in [-0.4, -0.2) is 19.8 Å².